The third-order valence-electron chi connectivity index (χ3n) is 3.90. The summed E-state index contributed by atoms with van der Waals surface area (Å²) >= 11 is 3.52. The number of carbonyl (C=O) groups excluding carboxylic acids is 1. The van der Waals surface area contributed by atoms with Crippen LogP contribution in [0.5, 0.6) is 0 Å². The molecule has 19 heavy (non-hydrogen) atoms. The van der Waals surface area contributed by atoms with E-state index in [0.29, 0.717) is 5.56 Å². The van der Waals surface area contributed by atoms with E-state index in [1.807, 2.05) is 0 Å². The average Bonchev–Trinajstić information content (AvgIpc) is 2.42. The Balaban J connectivity index is 2.10. The van der Waals surface area contributed by atoms with Gasteiger partial charge >= 0.3 is 0 Å². The molecule has 4 nitrogen and oxygen atoms in total. The third-order valence-corrected chi connectivity index (χ3v) is 4.98. The minimum absolute atomic E-state index is 0.167. The van der Waals surface area contributed by atoms with Gasteiger partial charge in [-0.1, -0.05) is 22.9 Å². The predicted molar refractivity (Wildman–Crippen MR) is 78.7 cm³/mol. The molecule has 1 aromatic heterocycles. The summed E-state index contributed by atoms with van der Waals surface area (Å²) in [5.74, 6) is 0.559. The van der Waals surface area contributed by atoms with Gasteiger partial charge < -0.3 is 10.3 Å². The normalized spacial score (nSPS) is 26.9. The second-order valence-corrected chi connectivity index (χ2v) is 6.05. The standard InChI is InChI=1S/C14H19BrN2O2/c1-10-2-5-14(9-15,6-3-10)17-13(19)11-4-7-16-12(18)8-11/h4,7-8,10H,2-3,5-6,9H2,1H3,(H,16,18)(H,17,19). The topological polar surface area (TPSA) is 62.0 Å². The van der Waals surface area contributed by atoms with Crippen LogP contribution in [-0.2, 0) is 0 Å². The van der Waals surface area contributed by atoms with Crippen LogP contribution in [0.25, 0.3) is 0 Å². The molecule has 0 radical (unpaired) electrons. The molecule has 0 aliphatic heterocycles. The minimum atomic E-state index is -0.252. The third kappa shape index (κ3) is 3.47. The van der Waals surface area contributed by atoms with Gasteiger partial charge in [0.1, 0.15) is 0 Å². The maximum atomic E-state index is 12.2. The lowest BCUT2D eigenvalue weighted by Gasteiger charge is -2.39. The van der Waals surface area contributed by atoms with Crippen molar-refractivity contribution in [2.45, 2.75) is 38.1 Å². The second kappa shape index (κ2) is 5.90. The highest BCUT2D eigenvalue weighted by atomic mass is 79.9. The maximum Gasteiger partial charge on any atom is 0.251 e. The molecule has 0 saturated heterocycles. The second-order valence-electron chi connectivity index (χ2n) is 5.49. The van der Waals surface area contributed by atoms with Crippen LogP contribution in [0.2, 0.25) is 0 Å². The number of hydrogen-bond acceptors (Lipinski definition) is 2. The quantitative estimate of drug-likeness (QED) is 0.838. The van der Waals surface area contributed by atoms with E-state index in [1.54, 1.807) is 6.07 Å². The number of alkyl halides is 1. The van der Waals surface area contributed by atoms with E-state index in [-0.39, 0.29) is 17.0 Å². The number of aromatic amines is 1. The van der Waals surface area contributed by atoms with Crippen molar-refractivity contribution < 1.29 is 4.79 Å². The van der Waals surface area contributed by atoms with Gasteiger partial charge in [-0.2, -0.15) is 0 Å². The molecule has 2 rings (SSSR count). The largest absolute Gasteiger partial charge is 0.346 e. The van der Waals surface area contributed by atoms with Gasteiger partial charge in [0.05, 0.1) is 5.54 Å². The summed E-state index contributed by atoms with van der Waals surface area (Å²) in [4.78, 5) is 26.0. The first-order valence-electron chi connectivity index (χ1n) is 6.62. The molecule has 5 heteroatoms. The van der Waals surface area contributed by atoms with Crippen molar-refractivity contribution in [3.05, 3.63) is 34.2 Å². The van der Waals surface area contributed by atoms with Crippen molar-refractivity contribution in [2.24, 2.45) is 5.92 Å². The highest BCUT2D eigenvalue weighted by molar-refractivity contribution is 9.09. The zero-order chi connectivity index (χ0) is 13.9. The molecule has 1 aliphatic rings. The maximum absolute atomic E-state index is 12.2. The van der Waals surface area contributed by atoms with Crippen molar-refractivity contribution in [2.75, 3.05) is 5.33 Å². The monoisotopic (exact) mass is 326 g/mol. The van der Waals surface area contributed by atoms with Gasteiger partial charge in [-0.25, -0.2) is 0 Å². The molecule has 1 fully saturated rings. The zero-order valence-corrected chi connectivity index (χ0v) is 12.6. The SMILES string of the molecule is CC1CCC(CBr)(NC(=O)c2cc[nH]c(=O)c2)CC1. The first kappa shape index (κ1) is 14.3. The van der Waals surface area contributed by atoms with E-state index < -0.39 is 0 Å². The fourth-order valence-corrected chi connectivity index (χ4v) is 3.21. The Hall–Kier alpha value is -1.10. The first-order chi connectivity index (χ1) is 9.04. The predicted octanol–water partition coefficient (Wildman–Crippen LogP) is 2.45. The Morgan fingerprint density at radius 2 is 2.21 bits per heavy atom. The molecule has 104 valence electrons. The van der Waals surface area contributed by atoms with Crippen LogP contribution in [0.3, 0.4) is 0 Å². The summed E-state index contributed by atoms with van der Waals surface area (Å²) in [6.07, 6.45) is 5.71. The molecule has 1 heterocycles. The van der Waals surface area contributed by atoms with Crippen molar-refractivity contribution in [1.82, 2.24) is 10.3 Å². The summed E-state index contributed by atoms with van der Waals surface area (Å²) in [6.45, 7) is 2.25. The Kier molecular flexibility index (Phi) is 4.45. The number of hydrogen-bond donors (Lipinski definition) is 2. The summed E-state index contributed by atoms with van der Waals surface area (Å²) < 4.78 is 0. The lowest BCUT2D eigenvalue weighted by molar-refractivity contribution is 0.0874. The van der Waals surface area contributed by atoms with Crippen molar-refractivity contribution in [1.29, 1.82) is 0 Å². The average molecular weight is 327 g/mol. The Morgan fingerprint density at radius 1 is 1.53 bits per heavy atom. The molecule has 0 bridgehead atoms. The lowest BCUT2D eigenvalue weighted by Crippen LogP contribution is -2.52. The van der Waals surface area contributed by atoms with E-state index >= 15 is 0 Å². The lowest BCUT2D eigenvalue weighted by atomic mass is 9.78. The van der Waals surface area contributed by atoms with Gasteiger partial charge in [-0.15, -0.1) is 0 Å². The van der Waals surface area contributed by atoms with Gasteiger partial charge in [0.25, 0.3) is 5.91 Å². The van der Waals surface area contributed by atoms with Crippen molar-refractivity contribution >= 4 is 21.8 Å². The van der Waals surface area contributed by atoms with Crippen LogP contribution in [0, 0.1) is 5.92 Å². The van der Waals surface area contributed by atoms with Crippen LogP contribution in [-0.4, -0.2) is 21.8 Å². The number of amides is 1. The van der Waals surface area contributed by atoms with Crippen LogP contribution in [0.1, 0.15) is 43.0 Å². The minimum Gasteiger partial charge on any atom is -0.346 e. The number of carbonyl (C=O) groups is 1. The summed E-state index contributed by atoms with van der Waals surface area (Å²) in [5, 5.41) is 3.86. The molecule has 0 unspecified atom stereocenters. The number of halogens is 1. The first-order valence-corrected chi connectivity index (χ1v) is 7.74. The molecule has 0 spiro atoms. The fourth-order valence-electron chi connectivity index (χ4n) is 2.51. The molecular formula is C14H19BrN2O2. The van der Waals surface area contributed by atoms with Crippen LogP contribution < -0.4 is 10.9 Å². The van der Waals surface area contributed by atoms with E-state index in [1.165, 1.54) is 12.3 Å². The Morgan fingerprint density at radius 3 is 2.79 bits per heavy atom. The highest BCUT2D eigenvalue weighted by Crippen LogP contribution is 2.33. The van der Waals surface area contributed by atoms with Crippen molar-refractivity contribution in [3.63, 3.8) is 0 Å². The van der Waals surface area contributed by atoms with E-state index in [0.717, 1.165) is 36.9 Å². The van der Waals surface area contributed by atoms with E-state index in [2.05, 4.69) is 33.2 Å². The highest BCUT2D eigenvalue weighted by Gasteiger charge is 2.34. The van der Waals surface area contributed by atoms with Crippen LogP contribution >= 0.6 is 15.9 Å². The number of aromatic nitrogens is 1. The number of nitrogens with one attached hydrogen (secondary N) is 2. The molecular weight excluding hydrogens is 308 g/mol. The molecule has 1 saturated carbocycles. The molecule has 0 atom stereocenters. The molecule has 1 aliphatic carbocycles. The molecule has 1 aromatic rings. The summed E-state index contributed by atoms with van der Waals surface area (Å²) in [6, 6.07) is 2.97. The van der Waals surface area contributed by atoms with Crippen LogP contribution in [0.15, 0.2) is 23.1 Å². The number of H-pyrrole nitrogens is 1. The molecule has 0 aromatic carbocycles. The number of rotatable bonds is 3. The van der Waals surface area contributed by atoms with Gasteiger partial charge in [-0.3, -0.25) is 9.59 Å². The van der Waals surface area contributed by atoms with Crippen LogP contribution in [0.4, 0.5) is 0 Å². The van der Waals surface area contributed by atoms with Gasteiger partial charge in [0, 0.05) is 23.2 Å². The fraction of sp³-hybridized carbons (Fsp3) is 0.571. The summed E-state index contributed by atoms with van der Waals surface area (Å²) in [7, 11) is 0. The zero-order valence-electron chi connectivity index (χ0n) is 11.0. The van der Waals surface area contributed by atoms with Gasteiger partial charge in [0.15, 0.2) is 0 Å². The van der Waals surface area contributed by atoms with Crippen molar-refractivity contribution in [3.8, 4) is 0 Å². The Bertz CT molecular complexity index is 504. The van der Waals surface area contributed by atoms with Gasteiger partial charge in [-0.05, 0) is 37.7 Å². The van der Waals surface area contributed by atoms with E-state index in [4.69, 9.17) is 0 Å². The van der Waals surface area contributed by atoms with E-state index in [9.17, 15) is 9.59 Å². The smallest absolute Gasteiger partial charge is 0.251 e. The van der Waals surface area contributed by atoms with Gasteiger partial charge in [0.2, 0.25) is 5.56 Å². The molecule has 1 amide bonds. The summed E-state index contributed by atoms with van der Waals surface area (Å²) in [5.41, 5.74) is -0.00727. The number of pyridine rings is 1. The Labute approximate surface area is 121 Å². The molecule has 2 N–H and O–H groups in total.